The fourth-order valence-electron chi connectivity index (χ4n) is 8.28. The van der Waals surface area contributed by atoms with Crippen LogP contribution >= 0.6 is 0 Å². The molecule has 0 aliphatic heterocycles. The lowest BCUT2D eigenvalue weighted by atomic mass is 9.95. The second-order valence-electron chi connectivity index (χ2n) is 14.0. The maximum absolute atomic E-state index is 5.37. The Morgan fingerprint density at radius 1 is 0.309 bits per heavy atom. The number of pyridine rings is 1. The highest BCUT2D eigenvalue weighted by Crippen LogP contribution is 2.43. The number of hydrogen-bond acceptors (Lipinski definition) is 3. The van der Waals surface area contributed by atoms with Gasteiger partial charge in [-0.3, -0.25) is 0 Å². The van der Waals surface area contributed by atoms with Gasteiger partial charge in [0.05, 0.1) is 33.5 Å². The molecule has 0 fully saturated rings. The summed E-state index contributed by atoms with van der Waals surface area (Å²) in [5.41, 5.74) is 12.5. The van der Waals surface area contributed by atoms with Crippen molar-refractivity contribution < 1.29 is 0 Å². The van der Waals surface area contributed by atoms with Crippen LogP contribution in [-0.2, 0) is 0 Å². The van der Waals surface area contributed by atoms with Gasteiger partial charge in [0.2, 0.25) is 0 Å². The van der Waals surface area contributed by atoms with Gasteiger partial charge in [0.1, 0.15) is 0 Å². The molecule has 3 heterocycles. The quantitative estimate of drug-likeness (QED) is 0.168. The average molecular weight is 701 g/mol. The molecule has 8 aromatic carbocycles. The van der Waals surface area contributed by atoms with Gasteiger partial charge < -0.3 is 4.57 Å². The number of para-hydroxylation sites is 4. The molecule has 0 aliphatic rings. The average Bonchev–Trinajstić information content (AvgIpc) is 3.61. The first-order chi connectivity index (χ1) is 27.3. The van der Waals surface area contributed by atoms with E-state index in [9.17, 15) is 0 Å². The third kappa shape index (κ3) is 5.11. The molecule has 4 heteroatoms. The second kappa shape index (κ2) is 12.6. The van der Waals surface area contributed by atoms with Crippen LogP contribution in [0.3, 0.4) is 0 Å². The zero-order chi connectivity index (χ0) is 36.3. The first kappa shape index (κ1) is 31.1. The zero-order valence-electron chi connectivity index (χ0n) is 29.8. The van der Waals surface area contributed by atoms with Crippen LogP contribution in [0.25, 0.3) is 105 Å². The second-order valence-corrected chi connectivity index (χ2v) is 14.0. The summed E-state index contributed by atoms with van der Waals surface area (Å²) in [5, 5.41) is 6.92. The van der Waals surface area contributed by atoms with Crippen molar-refractivity contribution in [1.29, 1.82) is 0 Å². The molecule has 4 nitrogen and oxygen atoms in total. The summed E-state index contributed by atoms with van der Waals surface area (Å²) in [6.07, 6.45) is 0. The normalized spacial score (nSPS) is 11.6. The minimum absolute atomic E-state index is 0.680. The lowest BCUT2D eigenvalue weighted by Gasteiger charge is -2.14. The van der Waals surface area contributed by atoms with Gasteiger partial charge in [-0.25, -0.2) is 15.0 Å². The lowest BCUT2D eigenvalue weighted by Crippen LogP contribution is -1.96. The molecule has 0 atom stereocenters. The highest BCUT2D eigenvalue weighted by Gasteiger charge is 2.20. The third-order valence-corrected chi connectivity index (χ3v) is 10.8. The Hall–Kier alpha value is -7.43. The van der Waals surface area contributed by atoms with Crippen molar-refractivity contribution in [1.82, 2.24) is 19.5 Å². The van der Waals surface area contributed by atoms with E-state index in [-0.39, 0.29) is 0 Å². The number of hydrogen-bond donors (Lipinski definition) is 0. The van der Waals surface area contributed by atoms with E-state index in [4.69, 9.17) is 15.0 Å². The van der Waals surface area contributed by atoms with Crippen LogP contribution < -0.4 is 0 Å². The topological polar surface area (TPSA) is 43.6 Å². The van der Waals surface area contributed by atoms with Gasteiger partial charge in [0.25, 0.3) is 0 Å². The molecule has 0 aliphatic carbocycles. The molecule has 0 amide bonds. The van der Waals surface area contributed by atoms with Crippen molar-refractivity contribution >= 4 is 54.4 Å². The van der Waals surface area contributed by atoms with Crippen LogP contribution in [0, 0.1) is 0 Å². The maximum Gasteiger partial charge on any atom is 0.160 e. The Labute approximate surface area is 317 Å². The Morgan fingerprint density at radius 2 is 0.873 bits per heavy atom. The molecule has 0 spiro atoms. The number of benzene rings is 8. The molecule has 11 aromatic rings. The predicted molar refractivity (Wildman–Crippen MR) is 228 cm³/mol. The minimum Gasteiger partial charge on any atom is -0.309 e. The Morgan fingerprint density at radius 3 is 1.65 bits per heavy atom. The number of rotatable bonds is 5. The van der Waals surface area contributed by atoms with E-state index >= 15 is 0 Å². The monoisotopic (exact) mass is 700 g/mol. The van der Waals surface area contributed by atoms with E-state index in [1.54, 1.807) is 0 Å². The SMILES string of the molecule is c1ccc(-c2cccc(-c3nc(-c4cccc(-c5nc6ccccc6c6c5ccc5c6c6ccccc6n5-c5ccccc5)c4)nc4ccccc34)c2)cc1. The minimum atomic E-state index is 0.680. The molecular formula is C51H32N4. The van der Waals surface area contributed by atoms with E-state index in [1.165, 1.54) is 32.8 Å². The fourth-order valence-corrected chi connectivity index (χ4v) is 8.28. The van der Waals surface area contributed by atoms with Crippen molar-refractivity contribution in [3.05, 3.63) is 194 Å². The summed E-state index contributed by atoms with van der Waals surface area (Å²) in [4.78, 5) is 15.8. The van der Waals surface area contributed by atoms with Crippen LogP contribution in [0.5, 0.6) is 0 Å². The van der Waals surface area contributed by atoms with Crippen molar-refractivity contribution in [2.45, 2.75) is 0 Å². The molecule has 0 radical (unpaired) electrons. The van der Waals surface area contributed by atoms with Gasteiger partial charge >= 0.3 is 0 Å². The Kier molecular flexibility index (Phi) is 7.14. The Balaban J connectivity index is 1.13. The lowest BCUT2D eigenvalue weighted by molar-refractivity contribution is 1.18. The zero-order valence-corrected chi connectivity index (χ0v) is 29.8. The van der Waals surface area contributed by atoms with Gasteiger partial charge in [-0.15, -0.1) is 0 Å². The first-order valence-corrected chi connectivity index (χ1v) is 18.6. The van der Waals surface area contributed by atoms with Gasteiger partial charge in [0, 0.05) is 54.7 Å². The molecule has 0 saturated carbocycles. The molecule has 11 rings (SSSR count). The van der Waals surface area contributed by atoms with Gasteiger partial charge in [-0.05, 0) is 59.7 Å². The van der Waals surface area contributed by atoms with Crippen LogP contribution in [0.1, 0.15) is 0 Å². The summed E-state index contributed by atoms with van der Waals surface area (Å²) in [5.74, 6) is 0.680. The summed E-state index contributed by atoms with van der Waals surface area (Å²) >= 11 is 0. The van der Waals surface area contributed by atoms with E-state index in [0.717, 1.165) is 66.5 Å². The van der Waals surface area contributed by atoms with Gasteiger partial charge in [-0.2, -0.15) is 0 Å². The first-order valence-electron chi connectivity index (χ1n) is 18.6. The predicted octanol–water partition coefficient (Wildman–Crippen LogP) is 13.1. The third-order valence-electron chi connectivity index (χ3n) is 10.8. The van der Waals surface area contributed by atoms with Gasteiger partial charge in [-0.1, -0.05) is 146 Å². The molecule has 256 valence electrons. The van der Waals surface area contributed by atoms with E-state index < -0.39 is 0 Å². The summed E-state index contributed by atoms with van der Waals surface area (Å²) in [6.45, 7) is 0. The van der Waals surface area contributed by atoms with Crippen LogP contribution in [-0.4, -0.2) is 19.5 Å². The van der Waals surface area contributed by atoms with Crippen LogP contribution in [0.4, 0.5) is 0 Å². The van der Waals surface area contributed by atoms with Crippen LogP contribution in [0.15, 0.2) is 194 Å². The van der Waals surface area contributed by atoms with Gasteiger partial charge in [0.15, 0.2) is 5.82 Å². The molecule has 55 heavy (non-hydrogen) atoms. The number of aromatic nitrogens is 4. The standard InChI is InChI=1S/C51H32N4/c1-3-15-33(16-4-1)34-17-13-18-35(31-34)49-40-24-8-11-27-44(40)53-51(54-49)37-20-14-19-36(32-37)50-42-29-30-46-48(47(42)39-23-7-10-26-43(39)52-50)41-25-9-12-28-45(41)55(46)38-21-5-2-6-22-38/h1-32H. The fraction of sp³-hybridized carbons (Fsp3) is 0. The van der Waals surface area contributed by atoms with Crippen molar-refractivity contribution in [2.24, 2.45) is 0 Å². The number of nitrogens with zero attached hydrogens (tertiary/aromatic N) is 4. The molecule has 0 saturated heterocycles. The molecule has 0 unspecified atom stereocenters. The maximum atomic E-state index is 5.37. The van der Waals surface area contributed by atoms with E-state index in [0.29, 0.717) is 5.82 Å². The molecule has 0 bridgehead atoms. The van der Waals surface area contributed by atoms with Crippen LogP contribution in [0.2, 0.25) is 0 Å². The summed E-state index contributed by atoms with van der Waals surface area (Å²) < 4.78 is 2.38. The van der Waals surface area contributed by atoms with E-state index in [1.807, 2.05) is 12.1 Å². The van der Waals surface area contributed by atoms with E-state index in [2.05, 4.69) is 187 Å². The summed E-state index contributed by atoms with van der Waals surface area (Å²) in [6, 6.07) is 68.4. The largest absolute Gasteiger partial charge is 0.309 e. The summed E-state index contributed by atoms with van der Waals surface area (Å²) in [7, 11) is 0. The molecule has 0 N–H and O–H groups in total. The molecular weight excluding hydrogens is 669 g/mol. The molecule has 3 aromatic heterocycles. The van der Waals surface area contributed by atoms with Crippen molar-refractivity contribution in [2.75, 3.05) is 0 Å². The smallest absolute Gasteiger partial charge is 0.160 e. The highest BCUT2D eigenvalue weighted by atomic mass is 15.0. The Bertz CT molecular complexity index is 3260. The highest BCUT2D eigenvalue weighted by molar-refractivity contribution is 6.29. The number of fused-ring (bicyclic) bond motifs is 8. The van der Waals surface area contributed by atoms with Crippen molar-refractivity contribution in [3.63, 3.8) is 0 Å². The van der Waals surface area contributed by atoms with Crippen molar-refractivity contribution in [3.8, 4) is 50.7 Å².